The third-order valence-electron chi connectivity index (χ3n) is 3.01. The zero-order valence-electron chi connectivity index (χ0n) is 11.4. The van der Waals surface area contributed by atoms with E-state index in [0.717, 1.165) is 16.7 Å². The van der Waals surface area contributed by atoms with E-state index in [1.165, 1.54) is 12.1 Å². The first-order valence-electron chi connectivity index (χ1n) is 6.60. The zero-order chi connectivity index (χ0) is 15.1. The highest BCUT2D eigenvalue weighted by Crippen LogP contribution is 2.14. The summed E-state index contributed by atoms with van der Waals surface area (Å²) in [5.74, 6) is 0.161. The minimum atomic E-state index is -2.80. The quantitative estimate of drug-likeness (QED) is 0.824. The van der Waals surface area contributed by atoms with Crippen LogP contribution in [0.3, 0.4) is 0 Å². The predicted molar refractivity (Wildman–Crippen MR) is 76.0 cm³/mol. The van der Waals surface area contributed by atoms with Crippen molar-refractivity contribution < 1.29 is 18.6 Å². The lowest BCUT2D eigenvalue weighted by Gasteiger charge is -2.08. The monoisotopic (exact) mass is 293 g/mol. The smallest absolute Gasteiger partial charge is 0.387 e. The van der Waals surface area contributed by atoms with Crippen molar-refractivity contribution in [2.75, 3.05) is 0 Å². The molecule has 0 amide bonds. The van der Waals surface area contributed by atoms with Crippen molar-refractivity contribution in [3.63, 3.8) is 0 Å². The number of nitrogens with one attached hydrogen (secondary N) is 1. The third-order valence-corrected chi connectivity index (χ3v) is 3.01. The molecule has 2 N–H and O–H groups in total. The van der Waals surface area contributed by atoms with Gasteiger partial charge in [-0.15, -0.1) is 0 Å². The molecule has 0 bridgehead atoms. The predicted octanol–water partition coefficient (Wildman–Crippen LogP) is 3.07. The molecule has 0 fully saturated rings. The van der Waals surface area contributed by atoms with Crippen LogP contribution in [0.15, 0.2) is 48.5 Å². The number of alkyl halides is 2. The van der Waals surface area contributed by atoms with Crippen LogP contribution in [0, 0.1) is 0 Å². The Morgan fingerprint density at radius 1 is 0.857 bits per heavy atom. The molecule has 2 aromatic carbocycles. The van der Waals surface area contributed by atoms with Gasteiger partial charge < -0.3 is 15.2 Å². The summed E-state index contributed by atoms with van der Waals surface area (Å²) in [5, 5.41) is 12.2. The molecule has 2 rings (SSSR count). The molecule has 2 aromatic rings. The first-order valence-corrected chi connectivity index (χ1v) is 6.60. The largest absolute Gasteiger partial charge is 0.435 e. The highest BCUT2D eigenvalue weighted by Gasteiger charge is 2.03. The number of halogens is 2. The van der Waals surface area contributed by atoms with Crippen LogP contribution in [-0.2, 0) is 19.7 Å². The second kappa shape index (κ2) is 7.71. The van der Waals surface area contributed by atoms with Gasteiger partial charge in [-0.2, -0.15) is 8.78 Å². The first kappa shape index (κ1) is 15.4. The number of aliphatic hydroxyl groups excluding tert-OH is 1. The van der Waals surface area contributed by atoms with Gasteiger partial charge in [-0.3, -0.25) is 0 Å². The van der Waals surface area contributed by atoms with Crippen molar-refractivity contribution >= 4 is 0 Å². The fourth-order valence-electron chi connectivity index (χ4n) is 1.90. The number of hydrogen-bond acceptors (Lipinski definition) is 3. The fraction of sp³-hybridized carbons (Fsp3) is 0.250. The summed E-state index contributed by atoms with van der Waals surface area (Å²) in [5.41, 5.74) is 2.99. The van der Waals surface area contributed by atoms with Gasteiger partial charge in [0.05, 0.1) is 6.61 Å². The van der Waals surface area contributed by atoms with Gasteiger partial charge in [-0.05, 0) is 28.8 Å². The average molecular weight is 293 g/mol. The molecule has 0 atom stereocenters. The van der Waals surface area contributed by atoms with Gasteiger partial charge in [-0.1, -0.05) is 36.4 Å². The highest BCUT2D eigenvalue weighted by atomic mass is 19.3. The van der Waals surface area contributed by atoms with E-state index in [2.05, 4.69) is 10.1 Å². The molecule has 21 heavy (non-hydrogen) atoms. The molecular formula is C16H17F2NO2. The SMILES string of the molecule is OCc1ccc(CNCc2ccc(OC(F)F)cc2)cc1. The molecule has 0 saturated carbocycles. The van der Waals surface area contributed by atoms with E-state index < -0.39 is 6.61 Å². The Balaban J connectivity index is 1.79. The molecule has 5 heteroatoms. The summed E-state index contributed by atoms with van der Waals surface area (Å²) in [6.07, 6.45) is 0. The van der Waals surface area contributed by atoms with Crippen molar-refractivity contribution in [1.82, 2.24) is 5.32 Å². The molecule has 0 aliphatic rings. The van der Waals surface area contributed by atoms with E-state index in [9.17, 15) is 8.78 Å². The van der Waals surface area contributed by atoms with Crippen molar-refractivity contribution in [1.29, 1.82) is 0 Å². The van der Waals surface area contributed by atoms with Crippen molar-refractivity contribution in [2.24, 2.45) is 0 Å². The number of ether oxygens (including phenoxy) is 1. The second-order valence-electron chi connectivity index (χ2n) is 4.60. The van der Waals surface area contributed by atoms with Crippen molar-refractivity contribution in [2.45, 2.75) is 26.3 Å². The Labute approximate surface area is 122 Å². The van der Waals surface area contributed by atoms with E-state index in [0.29, 0.717) is 13.1 Å². The Morgan fingerprint density at radius 3 is 1.81 bits per heavy atom. The average Bonchev–Trinajstić information content (AvgIpc) is 2.49. The molecule has 0 unspecified atom stereocenters. The lowest BCUT2D eigenvalue weighted by atomic mass is 10.1. The van der Waals surface area contributed by atoms with E-state index in [1.807, 2.05) is 24.3 Å². The summed E-state index contributed by atoms with van der Waals surface area (Å²) in [4.78, 5) is 0. The number of rotatable bonds is 7. The van der Waals surface area contributed by atoms with Crippen LogP contribution < -0.4 is 10.1 Å². The Morgan fingerprint density at radius 2 is 1.33 bits per heavy atom. The summed E-state index contributed by atoms with van der Waals surface area (Å²) in [7, 11) is 0. The van der Waals surface area contributed by atoms with E-state index >= 15 is 0 Å². The lowest BCUT2D eigenvalue weighted by Crippen LogP contribution is -2.12. The first-order chi connectivity index (χ1) is 10.2. The maximum atomic E-state index is 12.0. The van der Waals surface area contributed by atoms with Gasteiger partial charge in [0.15, 0.2) is 0 Å². The minimum absolute atomic E-state index is 0.0424. The Hall–Kier alpha value is -1.98. The van der Waals surface area contributed by atoms with Gasteiger partial charge in [0, 0.05) is 13.1 Å². The van der Waals surface area contributed by atoms with Crippen LogP contribution in [0.5, 0.6) is 5.75 Å². The second-order valence-corrected chi connectivity index (χ2v) is 4.60. The molecule has 0 aliphatic carbocycles. The van der Waals surface area contributed by atoms with Gasteiger partial charge in [-0.25, -0.2) is 0 Å². The molecule has 0 aromatic heterocycles. The highest BCUT2D eigenvalue weighted by molar-refractivity contribution is 5.27. The van der Waals surface area contributed by atoms with E-state index in [4.69, 9.17) is 5.11 Å². The van der Waals surface area contributed by atoms with Gasteiger partial charge >= 0.3 is 6.61 Å². The molecule has 0 heterocycles. The topological polar surface area (TPSA) is 41.5 Å². The molecule has 0 aliphatic heterocycles. The zero-order valence-corrected chi connectivity index (χ0v) is 11.4. The number of aliphatic hydroxyl groups is 1. The van der Waals surface area contributed by atoms with E-state index in [1.54, 1.807) is 12.1 Å². The van der Waals surface area contributed by atoms with Crippen LogP contribution in [0.1, 0.15) is 16.7 Å². The number of hydrogen-bond donors (Lipinski definition) is 2. The molecule has 0 spiro atoms. The van der Waals surface area contributed by atoms with E-state index in [-0.39, 0.29) is 12.4 Å². The van der Waals surface area contributed by atoms with Gasteiger partial charge in [0.25, 0.3) is 0 Å². The van der Waals surface area contributed by atoms with Gasteiger partial charge in [0.2, 0.25) is 0 Å². The summed E-state index contributed by atoms with van der Waals surface area (Å²) < 4.78 is 28.3. The number of benzene rings is 2. The van der Waals surface area contributed by atoms with Crippen LogP contribution in [0.4, 0.5) is 8.78 Å². The lowest BCUT2D eigenvalue weighted by molar-refractivity contribution is -0.0498. The maximum absolute atomic E-state index is 12.0. The van der Waals surface area contributed by atoms with Gasteiger partial charge in [0.1, 0.15) is 5.75 Å². The molecule has 112 valence electrons. The van der Waals surface area contributed by atoms with Crippen molar-refractivity contribution in [3.8, 4) is 5.75 Å². The standard InChI is InChI=1S/C16H17F2NO2/c17-16(18)21-15-7-5-13(6-8-15)10-19-9-12-1-3-14(11-20)4-2-12/h1-8,16,19-20H,9-11H2. The summed E-state index contributed by atoms with van der Waals surface area (Å²) in [6, 6.07) is 14.2. The molecular weight excluding hydrogens is 276 g/mol. The van der Waals surface area contributed by atoms with Crippen molar-refractivity contribution in [3.05, 3.63) is 65.2 Å². The van der Waals surface area contributed by atoms with Crippen LogP contribution in [0.2, 0.25) is 0 Å². The molecule has 0 radical (unpaired) electrons. The minimum Gasteiger partial charge on any atom is -0.435 e. The molecule has 3 nitrogen and oxygen atoms in total. The van der Waals surface area contributed by atoms with Crippen LogP contribution >= 0.6 is 0 Å². The molecule has 0 saturated heterocycles. The Bertz CT molecular complexity index is 541. The third kappa shape index (κ3) is 5.13. The van der Waals surface area contributed by atoms with Crippen LogP contribution in [0.25, 0.3) is 0 Å². The summed E-state index contributed by atoms with van der Waals surface area (Å²) >= 11 is 0. The summed E-state index contributed by atoms with van der Waals surface area (Å²) in [6.45, 7) is -1.42. The fourth-order valence-corrected chi connectivity index (χ4v) is 1.90. The van der Waals surface area contributed by atoms with Crippen LogP contribution in [-0.4, -0.2) is 11.7 Å². The normalized spacial score (nSPS) is 10.9. The Kier molecular flexibility index (Phi) is 5.66. The maximum Gasteiger partial charge on any atom is 0.387 e.